The van der Waals surface area contributed by atoms with Crippen LogP contribution in [0, 0.1) is 13.8 Å². The van der Waals surface area contributed by atoms with Gasteiger partial charge in [-0.25, -0.2) is 4.79 Å². The topological polar surface area (TPSA) is 77.8 Å². The maximum atomic E-state index is 12.1. The molecule has 0 spiro atoms. The summed E-state index contributed by atoms with van der Waals surface area (Å²) in [5, 5.41) is 2.74. The maximum absolute atomic E-state index is 12.1. The number of rotatable bonds is 6. The Bertz CT molecular complexity index is 707. The van der Waals surface area contributed by atoms with E-state index in [4.69, 9.17) is 13.9 Å². The van der Waals surface area contributed by atoms with Gasteiger partial charge in [-0.15, -0.1) is 0 Å². The van der Waals surface area contributed by atoms with Crippen molar-refractivity contribution in [2.45, 2.75) is 13.8 Å². The van der Waals surface area contributed by atoms with Gasteiger partial charge < -0.3 is 19.2 Å². The summed E-state index contributed by atoms with van der Waals surface area (Å²) in [7, 11) is 1.60. The van der Waals surface area contributed by atoms with Crippen molar-refractivity contribution < 1.29 is 18.7 Å². The number of hydrogen-bond donors (Lipinski definition) is 1. The molecule has 0 saturated carbocycles. The molecule has 2 rings (SSSR count). The first kappa shape index (κ1) is 16.6. The minimum Gasteiger partial charge on any atom is -0.497 e. The minimum absolute atomic E-state index is 0.290. The van der Waals surface area contributed by atoms with E-state index in [1.165, 1.54) is 6.07 Å². The molecule has 0 aliphatic rings. The lowest BCUT2D eigenvalue weighted by Gasteiger charge is -2.10. The molecule has 1 amide bonds. The number of aryl methyl sites for hydroxylation is 2. The van der Waals surface area contributed by atoms with Gasteiger partial charge in [0, 0.05) is 6.07 Å². The molecular formula is C17H19NO5. The van der Waals surface area contributed by atoms with Crippen LogP contribution < -0.4 is 20.4 Å². The predicted octanol–water partition coefficient (Wildman–Crippen LogP) is 2.07. The molecule has 6 heteroatoms. The number of hydrogen-bond acceptors (Lipinski definition) is 5. The number of methoxy groups -OCH3 is 1. The first-order valence-corrected chi connectivity index (χ1v) is 7.17. The third kappa shape index (κ3) is 4.35. The molecule has 1 aromatic carbocycles. The van der Waals surface area contributed by atoms with E-state index in [0.29, 0.717) is 35.8 Å². The van der Waals surface area contributed by atoms with E-state index < -0.39 is 5.63 Å². The number of nitrogens with one attached hydrogen (secondary N) is 1. The van der Waals surface area contributed by atoms with Crippen molar-refractivity contribution in [3.8, 4) is 11.5 Å². The van der Waals surface area contributed by atoms with E-state index in [1.54, 1.807) is 45.2 Å². The molecule has 1 N–H and O–H groups in total. The second-order valence-electron chi connectivity index (χ2n) is 4.96. The summed E-state index contributed by atoms with van der Waals surface area (Å²) in [6.07, 6.45) is 0. The molecule has 0 saturated heterocycles. The molecule has 0 aliphatic heterocycles. The van der Waals surface area contributed by atoms with Crippen molar-refractivity contribution in [1.82, 2.24) is 5.32 Å². The molecule has 1 aromatic heterocycles. The summed E-state index contributed by atoms with van der Waals surface area (Å²) in [6.45, 7) is 3.96. The fourth-order valence-corrected chi connectivity index (χ4v) is 2.19. The van der Waals surface area contributed by atoms with E-state index in [9.17, 15) is 9.59 Å². The van der Waals surface area contributed by atoms with Crippen LogP contribution in [-0.4, -0.2) is 26.2 Å². The number of ether oxygens (including phenoxy) is 2. The number of carbonyl (C=O) groups excluding carboxylic acids is 1. The molecular weight excluding hydrogens is 298 g/mol. The molecule has 0 bridgehead atoms. The summed E-state index contributed by atoms with van der Waals surface area (Å²) in [6, 6.07) is 8.48. The minimum atomic E-state index is -0.459. The molecule has 0 unspecified atom stereocenters. The fourth-order valence-electron chi connectivity index (χ4n) is 2.19. The Morgan fingerprint density at radius 1 is 1.17 bits per heavy atom. The van der Waals surface area contributed by atoms with Gasteiger partial charge in [-0.3, -0.25) is 4.79 Å². The third-order valence-electron chi connectivity index (χ3n) is 3.28. The van der Waals surface area contributed by atoms with Crippen molar-refractivity contribution in [2.75, 3.05) is 20.3 Å². The van der Waals surface area contributed by atoms with Gasteiger partial charge in [-0.2, -0.15) is 0 Å². The third-order valence-corrected chi connectivity index (χ3v) is 3.28. The van der Waals surface area contributed by atoms with Crippen LogP contribution >= 0.6 is 0 Å². The van der Waals surface area contributed by atoms with Crippen LogP contribution in [0.25, 0.3) is 0 Å². The van der Waals surface area contributed by atoms with Crippen molar-refractivity contribution in [2.24, 2.45) is 0 Å². The zero-order chi connectivity index (χ0) is 16.8. The van der Waals surface area contributed by atoms with Gasteiger partial charge in [0.1, 0.15) is 23.9 Å². The monoisotopic (exact) mass is 317 g/mol. The molecule has 0 aliphatic carbocycles. The zero-order valence-electron chi connectivity index (χ0n) is 13.3. The summed E-state index contributed by atoms with van der Waals surface area (Å²) < 4.78 is 15.5. The van der Waals surface area contributed by atoms with Gasteiger partial charge in [-0.05, 0) is 43.7 Å². The highest BCUT2D eigenvalue weighted by atomic mass is 16.5. The molecule has 2 aromatic rings. The van der Waals surface area contributed by atoms with Crippen LogP contribution in [-0.2, 0) is 0 Å². The van der Waals surface area contributed by atoms with E-state index in [2.05, 4.69) is 5.32 Å². The first-order chi connectivity index (χ1) is 11.0. The zero-order valence-corrected chi connectivity index (χ0v) is 13.3. The average molecular weight is 317 g/mol. The summed E-state index contributed by atoms with van der Waals surface area (Å²) in [5.41, 5.74) is 0.515. The van der Waals surface area contributed by atoms with Crippen LogP contribution in [0.3, 0.4) is 0 Å². The molecule has 122 valence electrons. The standard InChI is InChI=1S/C17H19NO5/c1-11-10-15(19)23-12(2)16(11)17(20)18-8-9-22-14-6-4-13(21-3)5-7-14/h4-7,10H,8-9H2,1-3H3,(H,18,20). The lowest BCUT2D eigenvalue weighted by Crippen LogP contribution is -2.29. The largest absolute Gasteiger partial charge is 0.497 e. The van der Waals surface area contributed by atoms with Crippen molar-refractivity contribution >= 4 is 5.91 Å². The lowest BCUT2D eigenvalue weighted by atomic mass is 10.1. The Balaban J connectivity index is 1.86. The summed E-state index contributed by atoms with van der Waals surface area (Å²) in [4.78, 5) is 23.4. The Hall–Kier alpha value is -2.76. The maximum Gasteiger partial charge on any atom is 0.336 e. The van der Waals surface area contributed by atoms with Gasteiger partial charge in [0.25, 0.3) is 5.91 Å². The number of benzene rings is 1. The van der Waals surface area contributed by atoms with Crippen LogP contribution in [0.4, 0.5) is 0 Å². The molecule has 23 heavy (non-hydrogen) atoms. The number of amides is 1. The first-order valence-electron chi connectivity index (χ1n) is 7.17. The van der Waals surface area contributed by atoms with Gasteiger partial charge in [0.2, 0.25) is 0 Å². The van der Waals surface area contributed by atoms with Crippen LogP contribution in [0.5, 0.6) is 11.5 Å². The molecule has 0 atom stereocenters. The van der Waals surface area contributed by atoms with Crippen LogP contribution in [0.1, 0.15) is 21.7 Å². The smallest absolute Gasteiger partial charge is 0.336 e. The Labute approximate surface area is 134 Å². The van der Waals surface area contributed by atoms with Gasteiger partial charge in [0.15, 0.2) is 0 Å². The average Bonchev–Trinajstić information content (AvgIpc) is 2.51. The second kappa shape index (κ2) is 7.49. The van der Waals surface area contributed by atoms with Crippen LogP contribution in [0.15, 0.2) is 39.5 Å². The Kier molecular flexibility index (Phi) is 5.41. The summed E-state index contributed by atoms with van der Waals surface area (Å²) >= 11 is 0. The van der Waals surface area contributed by atoms with Crippen molar-refractivity contribution in [1.29, 1.82) is 0 Å². The molecule has 0 fully saturated rings. The quantitative estimate of drug-likeness (QED) is 0.825. The van der Waals surface area contributed by atoms with Gasteiger partial charge in [0.05, 0.1) is 19.2 Å². The highest BCUT2D eigenvalue weighted by Crippen LogP contribution is 2.16. The normalized spacial score (nSPS) is 10.2. The van der Waals surface area contributed by atoms with Crippen LogP contribution in [0.2, 0.25) is 0 Å². The molecule has 0 radical (unpaired) electrons. The fraction of sp³-hybridized carbons (Fsp3) is 0.294. The molecule has 1 heterocycles. The van der Waals surface area contributed by atoms with E-state index in [0.717, 1.165) is 5.75 Å². The number of carbonyl (C=O) groups is 1. The summed E-state index contributed by atoms with van der Waals surface area (Å²) in [5.74, 6) is 1.46. The molecule has 6 nitrogen and oxygen atoms in total. The van der Waals surface area contributed by atoms with E-state index in [1.807, 2.05) is 0 Å². The van der Waals surface area contributed by atoms with Crippen molar-refractivity contribution in [3.63, 3.8) is 0 Å². The second-order valence-corrected chi connectivity index (χ2v) is 4.96. The van der Waals surface area contributed by atoms with E-state index >= 15 is 0 Å². The van der Waals surface area contributed by atoms with Gasteiger partial charge >= 0.3 is 5.63 Å². The predicted molar refractivity (Wildman–Crippen MR) is 85.3 cm³/mol. The SMILES string of the molecule is COc1ccc(OCCNC(=O)c2c(C)cc(=O)oc2C)cc1. The highest BCUT2D eigenvalue weighted by Gasteiger charge is 2.14. The lowest BCUT2D eigenvalue weighted by molar-refractivity contribution is 0.0942. The Morgan fingerprint density at radius 2 is 1.83 bits per heavy atom. The van der Waals surface area contributed by atoms with E-state index in [-0.39, 0.29) is 5.91 Å². The van der Waals surface area contributed by atoms with Crippen molar-refractivity contribution in [3.05, 3.63) is 57.6 Å². The van der Waals surface area contributed by atoms with Gasteiger partial charge in [-0.1, -0.05) is 0 Å². The Morgan fingerprint density at radius 3 is 2.43 bits per heavy atom. The highest BCUT2D eigenvalue weighted by molar-refractivity contribution is 5.96.